The van der Waals surface area contributed by atoms with Crippen LogP contribution >= 0.6 is 0 Å². The van der Waals surface area contributed by atoms with Crippen molar-refractivity contribution in [3.8, 4) is 0 Å². The summed E-state index contributed by atoms with van der Waals surface area (Å²) in [4.78, 5) is 10.8. The molecule has 1 aromatic carbocycles. The smallest absolute Gasteiger partial charge is 0.328 e. The molecule has 27 heavy (non-hydrogen) atoms. The number of carbonyl (C=O) groups is 1. The molecule has 1 aliphatic rings. The van der Waals surface area contributed by atoms with Crippen molar-refractivity contribution in [2.24, 2.45) is 5.92 Å². The summed E-state index contributed by atoms with van der Waals surface area (Å²) in [5.74, 6) is -0.0998. The van der Waals surface area contributed by atoms with E-state index in [2.05, 4.69) is 46.8 Å². The fraction of sp³-hybridized carbons (Fsp3) is 0.458. The number of allylic oxidation sites excluding steroid dienone is 4. The molecule has 2 rings (SSSR count). The van der Waals surface area contributed by atoms with Gasteiger partial charge in [-0.15, -0.1) is 0 Å². The Labute approximate surface area is 163 Å². The van der Waals surface area contributed by atoms with Gasteiger partial charge in [-0.1, -0.05) is 57.6 Å². The van der Waals surface area contributed by atoms with E-state index in [1.54, 1.807) is 12.2 Å². The number of aliphatic hydroxyl groups excluding tert-OH is 1. The van der Waals surface area contributed by atoms with Crippen molar-refractivity contribution in [2.75, 3.05) is 0 Å². The molecule has 0 aliphatic heterocycles. The van der Waals surface area contributed by atoms with Crippen LogP contribution in [0, 0.1) is 12.8 Å². The van der Waals surface area contributed by atoms with E-state index in [-0.39, 0.29) is 0 Å². The number of aliphatic hydroxyl groups is 1. The molecule has 0 amide bonds. The summed E-state index contributed by atoms with van der Waals surface area (Å²) in [6.45, 7) is 10.9. The molecular weight excluding hydrogens is 336 g/mol. The average molecular weight is 369 g/mol. The number of fused-ring (bicyclic) bond motifs is 1. The van der Waals surface area contributed by atoms with E-state index in [4.69, 9.17) is 5.11 Å². The Morgan fingerprint density at radius 3 is 2.67 bits per heavy atom. The Morgan fingerprint density at radius 2 is 2.04 bits per heavy atom. The lowest BCUT2D eigenvalue weighted by atomic mass is 9.75. The zero-order valence-corrected chi connectivity index (χ0v) is 17.1. The number of aliphatic carboxylic acids is 1. The maximum atomic E-state index is 10.8. The van der Waals surface area contributed by atoms with E-state index in [0.717, 1.165) is 42.0 Å². The van der Waals surface area contributed by atoms with Crippen molar-refractivity contribution in [3.63, 3.8) is 0 Å². The minimum Gasteiger partial charge on any atom is -0.478 e. The topological polar surface area (TPSA) is 57.5 Å². The van der Waals surface area contributed by atoms with Crippen LogP contribution in [0.4, 0.5) is 0 Å². The average Bonchev–Trinajstić information content (AvgIpc) is 2.60. The Bertz CT molecular complexity index is 783. The Balaban J connectivity index is 2.69. The van der Waals surface area contributed by atoms with E-state index in [1.165, 1.54) is 16.7 Å². The number of rotatable bonds is 6. The minimum absolute atomic E-state index is 0.363. The van der Waals surface area contributed by atoms with Crippen LogP contribution < -0.4 is 0 Å². The first-order chi connectivity index (χ1) is 12.8. The zero-order chi connectivity index (χ0) is 20.1. The highest BCUT2D eigenvalue weighted by atomic mass is 16.4. The molecule has 3 nitrogen and oxygen atoms in total. The molecule has 2 N–H and O–H groups in total. The fourth-order valence-corrected chi connectivity index (χ4v) is 4.03. The van der Waals surface area contributed by atoms with Gasteiger partial charge in [0.15, 0.2) is 0 Å². The highest BCUT2D eigenvalue weighted by Gasteiger charge is 2.27. The molecule has 1 unspecified atom stereocenters. The largest absolute Gasteiger partial charge is 0.478 e. The van der Waals surface area contributed by atoms with Gasteiger partial charge in [-0.2, -0.15) is 0 Å². The monoisotopic (exact) mass is 368 g/mol. The molecule has 0 bridgehead atoms. The van der Waals surface area contributed by atoms with Crippen LogP contribution in [-0.2, 0) is 4.79 Å². The summed E-state index contributed by atoms with van der Waals surface area (Å²) >= 11 is 0. The van der Waals surface area contributed by atoms with Gasteiger partial charge in [0, 0.05) is 6.08 Å². The fourth-order valence-electron chi connectivity index (χ4n) is 4.03. The van der Waals surface area contributed by atoms with Crippen LogP contribution in [0.5, 0.6) is 0 Å². The van der Waals surface area contributed by atoms with Gasteiger partial charge >= 0.3 is 5.97 Å². The van der Waals surface area contributed by atoms with Gasteiger partial charge in [0.1, 0.15) is 0 Å². The van der Waals surface area contributed by atoms with Crippen molar-refractivity contribution in [1.82, 2.24) is 0 Å². The lowest BCUT2D eigenvalue weighted by Crippen LogP contribution is -2.16. The number of hydrogen-bond acceptors (Lipinski definition) is 2. The Kier molecular flexibility index (Phi) is 7.20. The van der Waals surface area contributed by atoms with Crippen molar-refractivity contribution in [2.45, 2.75) is 65.9 Å². The van der Waals surface area contributed by atoms with Gasteiger partial charge < -0.3 is 10.2 Å². The molecule has 0 fully saturated rings. The van der Waals surface area contributed by atoms with E-state index >= 15 is 0 Å². The first kappa shape index (κ1) is 21.2. The normalized spacial score (nSPS) is 21.6. The molecule has 1 aromatic rings. The van der Waals surface area contributed by atoms with Gasteiger partial charge in [-0.3, -0.25) is 0 Å². The third-order valence-corrected chi connectivity index (χ3v) is 5.55. The van der Waals surface area contributed by atoms with Crippen molar-refractivity contribution in [1.29, 1.82) is 0 Å². The standard InChI is InChI=1S/C24H32O3/c1-6-15(2)13-17(4)23-18(5)14-20-21(25)12-11-16(3)24(20)19(23)9-7-8-10-22(26)27/h7-10,13-16,21,25H,6,11-12H2,1-5H3,(H,26,27)/b9-7+,10-8+,17-13-/t15?,16-,21-/m0/s1. The van der Waals surface area contributed by atoms with Crippen LogP contribution in [0.1, 0.15) is 86.8 Å². The van der Waals surface area contributed by atoms with Crippen LogP contribution in [0.2, 0.25) is 0 Å². The summed E-state index contributed by atoms with van der Waals surface area (Å²) in [5, 5.41) is 19.4. The molecular formula is C24H32O3. The molecule has 0 aromatic heterocycles. The first-order valence-electron chi connectivity index (χ1n) is 9.88. The molecule has 146 valence electrons. The molecule has 0 radical (unpaired) electrons. The number of carboxylic acid groups (broad SMARTS) is 1. The van der Waals surface area contributed by atoms with E-state index in [0.29, 0.717) is 11.8 Å². The molecule has 0 spiro atoms. The van der Waals surface area contributed by atoms with Gasteiger partial charge in [-0.05, 0) is 71.9 Å². The SMILES string of the molecule is CCC(C)/C=C(/C)c1c(C)cc2c(c1/C=C/C=C/C(=O)O)[C@@H](C)CC[C@@H]2O. The van der Waals surface area contributed by atoms with Crippen LogP contribution in [0.3, 0.4) is 0 Å². The highest BCUT2D eigenvalue weighted by molar-refractivity contribution is 5.81. The van der Waals surface area contributed by atoms with Crippen LogP contribution in [0.25, 0.3) is 11.6 Å². The second kappa shape index (κ2) is 9.18. The Morgan fingerprint density at radius 1 is 1.33 bits per heavy atom. The van der Waals surface area contributed by atoms with E-state index in [1.807, 2.05) is 6.08 Å². The van der Waals surface area contributed by atoms with Gasteiger partial charge in [0.2, 0.25) is 0 Å². The molecule has 3 atom stereocenters. The predicted octanol–water partition coefficient (Wildman–Crippen LogP) is 6.03. The van der Waals surface area contributed by atoms with Gasteiger partial charge in [0.05, 0.1) is 6.10 Å². The predicted molar refractivity (Wildman–Crippen MR) is 113 cm³/mol. The van der Waals surface area contributed by atoms with E-state index < -0.39 is 12.1 Å². The van der Waals surface area contributed by atoms with E-state index in [9.17, 15) is 9.90 Å². The summed E-state index contributed by atoms with van der Waals surface area (Å²) in [6, 6.07) is 2.14. The second-order valence-corrected chi connectivity index (χ2v) is 7.77. The van der Waals surface area contributed by atoms with Gasteiger partial charge in [0.25, 0.3) is 0 Å². The summed E-state index contributed by atoms with van der Waals surface area (Å²) < 4.78 is 0. The lowest BCUT2D eigenvalue weighted by molar-refractivity contribution is -0.131. The molecule has 0 saturated carbocycles. The number of aryl methyl sites for hydroxylation is 1. The quantitative estimate of drug-likeness (QED) is 0.476. The number of benzene rings is 1. The highest BCUT2D eigenvalue weighted by Crippen LogP contribution is 2.43. The first-order valence-corrected chi connectivity index (χ1v) is 9.88. The lowest BCUT2D eigenvalue weighted by Gasteiger charge is -2.31. The zero-order valence-electron chi connectivity index (χ0n) is 17.1. The van der Waals surface area contributed by atoms with Gasteiger partial charge in [-0.25, -0.2) is 4.79 Å². The third-order valence-electron chi connectivity index (χ3n) is 5.55. The third kappa shape index (κ3) is 4.98. The summed E-state index contributed by atoms with van der Waals surface area (Å²) in [7, 11) is 0. The summed E-state index contributed by atoms with van der Waals surface area (Å²) in [6.07, 6.45) is 11.2. The molecule has 0 saturated heterocycles. The second-order valence-electron chi connectivity index (χ2n) is 7.77. The maximum absolute atomic E-state index is 10.8. The number of hydrogen-bond donors (Lipinski definition) is 2. The summed E-state index contributed by atoms with van der Waals surface area (Å²) in [5.41, 5.74) is 6.93. The van der Waals surface area contributed by atoms with Crippen LogP contribution in [0.15, 0.2) is 30.4 Å². The van der Waals surface area contributed by atoms with Crippen molar-refractivity contribution in [3.05, 3.63) is 58.2 Å². The van der Waals surface area contributed by atoms with Crippen LogP contribution in [-0.4, -0.2) is 16.2 Å². The van der Waals surface area contributed by atoms with Crippen molar-refractivity contribution < 1.29 is 15.0 Å². The minimum atomic E-state index is -0.956. The van der Waals surface area contributed by atoms with Crippen molar-refractivity contribution >= 4 is 17.6 Å². The Hall–Kier alpha value is -2.13. The molecule has 1 aliphatic carbocycles. The maximum Gasteiger partial charge on any atom is 0.328 e. The number of carboxylic acids is 1. The molecule has 0 heterocycles. The molecule has 3 heteroatoms.